The molecule has 1 unspecified atom stereocenters. The lowest BCUT2D eigenvalue weighted by Gasteiger charge is -2.31. The average Bonchev–Trinajstić information content (AvgIpc) is 3.46. The van der Waals surface area contributed by atoms with Crippen molar-refractivity contribution in [2.24, 2.45) is 7.05 Å². The highest BCUT2D eigenvalue weighted by atomic mass is 16.2. The quantitative estimate of drug-likeness (QED) is 0.617. The average molecular weight is 445 g/mol. The number of benzene rings is 1. The van der Waals surface area contributed by atoms with E-state index in [1.165, 1.54) is 5.56 Å². The van der Waals surface area contributed by atoms with Crippen LogP contribution < -0.4 is 4.90 Å². The lowest BCUT2D eigenvalue weighted by Crippen LogP contribution is -2.37. The van der Waals surface area contributed by atoms with Gasteiger partial charge < -0.3 is 9.47 Å². The van der Waals surface area contributed by atoms with Gasteiger partial charge in [-0.05, 0) is 38.7 Å². The Morgan fingerprint density at radius 3 is 2.64 bits per heavy atom. The van der Waals surface area contributed by atoms with E-state index >= 15 is 0 Å². The summed E-state index contributed by atoms with van der Waals surface area (Å²) in [5.74, 6) is 1.66. The van der Waals surface area contributed by atoms with Gasteiger partial charge in [0.25, 0.3) is 5.91 Å². The molecule has 0 bridgehead atoms. The van der Waals surface area contributed by atoms with E-state index in [0.29, 0.717) is 43.4 Å². The third-order valence-corrected chi connectivity index (χ3v) is 6.64. The Labute approximate surface area is 193 Å². The molecule has 4 heterocycles. The molecular weight excluding hydrogens is 416 g/mol. The molecule has 0 N–H and O–H groups in total. The smallest absolute Gasteiger partial charge is 0.290 e. The number of hydrogen-bond acceptors (Lipinski definition) is 5. The van der Waals surface area contributed by atoms with Crippen LogP contribution in [0, 0.1) is 13.8 Å². The molecular formula is C25H28N6O2. The minimum absolute atomic E-state index is 0.0690. The van der Waals surface area contributed by atoms with E-state index in [9.17, 15) is 9.59 Å². The minimum Gasteiger partial charge on any atom is -0.330 e. The lowest BCUT2D eigenvalue weighted by atomic mass is 10.0. The molecule has 5 rings (SSSR count). The fourth-order valence-electron chi connectivity index (χ4n) is 4.77. The minimum atomic E-state index is -0.226. The summed E-state index contributed by atoms with van der Waals surface area (Å²) in [4.78, 5) is 43.7. The number of likely N-dealkylation sites (tertiary alicyclic amines) is 1. The van der Waals surface area contributed by atoms with Gasteiger partial charge in [0.2, 0.25) is 5.91 Å². The fourth-order valence-corrected chi connectivity index (χ4v) is 4.77. The van der Waals surface area contributed by atoms with Crippen LogP contribution in [0.15, 0.2) is 36.7 Å². The number of carbonyl (C=O) groups excluding carboxylic acids is 2. The van der Waals surface area contributed by atoms with Crippen LogP contribution in [0.5, 0.6) is 0 Å². The Bertz CT molecular complexity index is 1220. The topological polar surface area (TPSA) is 84.2 Å². The fraction of sp³-hybridized carbons (Fsp3) is 0.400. The standard InChI is InChI=1S/C25H28N6O2/c1-16-6-8-18(9-7-16)15-31-21(32)11-10-19-17(2)27-22(28-23(19)31)20-5-4-13-30(20)25(33)24-26-12-14-29(24)3/h6-9,12,14,20H,4-5,10-11,13,15H2,1-3H3. The molecule has 2 amide bonds. The van der Waals surface area contributed by atoms with Gasteiger partial charge in [-0.15, -0.1) is 0 Å². The molecule has 0 aliphatic carbocycles. The zero-order chi connectivity index (χ0) is 23.1. The number of amides is 2. The largest absolute Gasteiger partial charge is 0.330 e. The van der Waals surface area contributed by atoms with E-state index in [1.807, 2.05) is 25.8 Å². The number of carbonyl (C=O) groups is 2. The van der Waals surface area contributed by atoms with Crippen molar-refractivity contribution in [1.82, 2.24) is 24.4 Å². The monoisotopic (exact) mass is 444 g/mol. The van der Waals surface area contributed by atoms with E-state index in [4.69, 9.17) is 9.97 Å². The molecule has 2 aliphatic rings. The molecule has 1 aromatic carbocycles. The van der Waals surface area contributed by atoms with Gasteiger partial charge >= 0.3 is 0 Å². The third kappa shape index (κ3) is 3.90. The summed E-state index contributed by atoms with van der Waals surface area (Å²) >= 11 is 0. The van der Waals surface area contributed by atoms with Crippen LogP contribution in [0.25, 0.3) is 0 Å². The SMILES string of the molecule is Cc1ccc(CN2C(=O)CCc3c(C)nc(C4CCCN4C(=O)c4nccn4C)nc32)cc1. The predicted molar refractivity (Wildman–Crippen MR) is 124 cm³/mol. The summed E-state index contributed by atoms with van der Waals surface area (Å²) in [6, 6.07) is 7.99. The van der Waals surface area contributed by atoms with Crippen molar-refractivity contribution in [3.05, 3.63) is 70.7 Å². The number of hydrogen-bond donors (Lipinski definition) is 0. The van der Waals surface area contributed by atoms with Gasteiger partial charge in [-0.1, -0.05) is 29.8 Å². The lowest BCUT2D eigenvalue weighted by molar-refractivity contribution is -0.119. The van der Waals surface area contributed by atoms with Gasteiger partial charge in [0.15, 0.2) is 11.6 Å². The van der Waals surface area contributed by atoms with Crippen molar-refractivity contribution < 1.29 is 9.59 Å². The van der Waals surface area contributed by atoms with Crippen molar-refractivity contribution in [1.29, 1.82) is 0 Å². The highest BCUT2D eigenvalue weighted by Crippen LogP contribution is 2.35. The van der Waals surface area contributed by atoms with Gasteiger partial charge in [0, 0.05) is 43.7 Å². The number of aromatic nitrogens is 4. The van der Waals surface area contributed by atoms with Gasteiger partial charge in [0.1, 0.15) is 5.82 Å². The molecule has 170 valence electrons. The van der Waals surface area contributed by atoms with Crippen LogP contribution in [0.1, 0.15) is 64.1 Å². The summed E-state index contributed by atoms with van der Waals surface area (Å²) < 4.78 is 1.73. The Morgan fingerprint density at radius 2 is 1.91 bits per heavy atom. The first kappa shape index (κ1) is 21.3. The van der Waals surface area contributed by atoms with Gasteiger partial charge in [-0.25, -0.2) is 15.0 Å². The van der Waals surface area contributed by atoms with Crippen LogP contribution in [0.4, 0.5) is 5.82 Å². The highest BCUT2D eigenvalue weighted by molar-refractivity contribution is 5.95. The molecule has 33 heavy (non-hydrogen) atoms. The van der Waals surface area contributed by atoms with Crippen LogP contribution >= 0.6 is 0 Å². The van der Waals surface area contributed by atoms with Crippen LogP contribution in [-0.2, 0) is 24.8 Å². The van der Waals surface area contributed by atoms with Crippen molar-refractivity contribution in [2.45, 2.75) is 52.1 Å². The maximum Gasteiger partial charge on any atom is 0.290 e. The normalized spacial score (nSPS) is 18.0. The number of anilines is 1. The molecule has 1 atom stereocenters. The van der Waals surface area contributed by atoms with E-state index in [1.54, 1.807) is 21.9 Å². The number of rotatable bonds is 4. The first-order chi connectivity index (χ1) is 15.9. The molecule has 8 heteroatoms. The van der Waals surface area contributed by atoms with Crippen molar-refractivity contribution in [3.63, 3.8) is 0 Å². The van der Waals surface area contributed by atoms with Gasteiger partial charge in [-0.2, -0.15) is 0 Å². The second kappa shape index (κ2) is 8.42. The summed E-state index contributed by atoms with van der Waals surface area (Å²) in [6.45, 7) is 5.14. The van der Waals surface area contributed by atoms with E-state index < -0.39 is 0 Å². The zero-order valence-electron chi connectivity index (χ0n) is 19.3. The Kier molecular flexibility index (Phi) is 5.44. The number of fused-ring (bicyclic) bond motifs is 1. The first-order valence-electron chi connectivity index (χ1n) is 11.4. The third-order valence-electron chi connectivity index (χ3n) is 6.64. The number of aryl methyl sites for hydroxylation is 3. The van der Waals surface area contributed by atoms with E-state index in [0.717, 1.165) is 29.7 Å². The summed E-state index contributed by atoms with van der Waals surface area (Å²) in [5, 5.41) is 0. The first-order valence-corrected chi connectivity index (χ1v) is 11.4. The van der Waals surface area contributed by atoms with Crippen LogP contribution in [-0.4, -0.2) is 42.8 Å². The second-order valence-electron chi connectivity index (χ2n) is 8.95. The maximum absolute atomic E-state index is 13.2. The molecule has 0 spiro atoms. The van der Waals surface area contributed by atoms with Crippen molar-refractivity contribution in [2.75, 3.05) is 11.4 Å². The Hall–Kier alpha value is -3.55. The van der Waals surface area contributed by atoms with Crippen molar-refractivity contribution in [3.8, 4) is 0 Å². The van der Waals surface area contributed by atoms with Gasteiger partial charge in [-0.3, -0.25) is 14.5 Å². The molecule has 1 fully saturated rings. The summed E-state index contributed by atoms with van der Waals surface area (Å²) in [7, 11) is 1.82. The maximum atomic E-state index is 13.2. The second-order valence-corrected chi connectivity index (χ2v) is 8.95. The predicted octanol–water partition coefficient (Wildman–Crippen LogP) is 3.28. The molecule has 2 aliphatic heterocycles. The highest BCUT2D eigenvalue weighted by Gasteiger charge is 2.36. The van der Waals surface area contributed by atoms with E-state index in [2.05, 4.69) is 29.2 Å². The molecule has 0 saturated carbocycles. The van der Waals surface area contributed by atoms with Gasteiger partial charge in [0.05, 0.1) is 12.6 Å². The molecule has 0 radical (unpaired) electrons. The Morgan fingerprint density at radius 1 is 1.12 bits per heavy atom. The molecule has 2 aromatic heterocycles. The zero-order valence-corrected chi connectivity index (χ0v) is 19.3. The number of nitrogens with zero attached hydrogens (tertiary/aromatic N) is 6. The van der Waals surface area contributed by atoms with Crippen LogP contribution in [0.3, 0.4) is 0 Å². The Balaban J connectivity index is 1.50. The van der Waals surface area contributed by atoms with Crippen LogP contribution in [0.2, 0.25) is 0 Å². The summed E-state index contributed by atoms with van der Waals surface area (Å²) in [6.07, 6.45) is 6.17. The van der Waals surface area contributed by atoms with E-state index in [-0.39, 0.29) is 17.9 Å². The summed E-state index contributed by atoms with van der Waals surface area (Å²) in [5.41, 5.74) is 4.15. The molecule has 1 saturated heterocycles. The molecule has 8 nitrogen and oxygen atoms in total. The van der Waals surface area contributed by atoms with Crippen molar-refractivity contribution >= 4 is 17.6 Å². The molecule has 3 aromatic rings. The number of imidazole rings is 1.